The van der Waals surface area contributed by atoms with Crippen molar-refractivity contribution < 1.29 is 9.53 Å². The van der Waals surface area contributed by atoms with Crippen molar-refractivity contribution in [2.24, 2.45) is 0 Å². The van der Waals surface area contributed by atoms with E-state index < -0.39 is 0 Å². The van der Waals surface area contributed by atoms with Crippen molar-refractivity contribution in [2.75, 3.05) is 7.11 Å². The molecular weight excluding hydrogens is 262 g/mol. The van der Waals surface area contributed by atoms with Gasteiger partial charge in [-0.2, -0.15) is 5.10 Å². The Morgan fingerprint density at radius 1 is 1.53 bits per heavy atom. The number of carbonyl (C=O) groups is 1. The van der Waals surface area contributed by atoms with E-state index >= 15 is 0 Å². The molecule has 2 heterocycles. The van der Waals surface area contributed by atoms with Crippen LogP contribution in [-0.4, -0.2) is 27.8 Å². The summed E-state index contributed by atoms with van der Waals surface area (Å²) in [7, 11) is 1.40. The predicted octanol–water partition coefficient (Wildman–Crippen LogP) is 2.52. The normalized spacial score (nSPS) is 10.6. The molecule has 0 bridgehead atoms. The summed E-state index contributed by atoms with van der Waals surface area (Å²) in [5, 5.41) is 7.22. The van der Waals surface area contributed by atoms with Gasteiger partial charge in [-0.3, -0.25) is 9.48 Å². The highest BCUT2D eigenvalue weighted by molar-refractivity contribution is 7.13. The zero-order chi connectivity index (χ0) is 13.7. The van der Waals surface area contributed by atoms with Gasteiger partial charge in [0.15, 0.2) is 0 Å². The molecule has 0 unspecified atom stereocenters. The molecule has 0 saturated heterocycles. The summed E-state index contributed by atoms with van der Waals surface area (Å²) in [6.45, 7) is 3.04. The zero-order valence-corrected chi connectivity index (χ0v) is 11.9. The Labute approximate surface area is 116 Å². The number of nitrogens with zero attached hydrogens (tertiary/aromatic N) is 3. The van der Waals surface area contributed by atoms with Crippen molar-refractivity contribution in [1.29, 1.82) is 0 Å². The maximum absolute atomic E-state index is 11.1. The van der Waals surface area contributed by atoms with Gasteiger partial charge in [0, 0.05) is 30.1 Å². The molecule has 0 spiro atoms. The van der Waals surface area contributed by atoms with Crippen LogP contribution in [0.5, 0.6) is 0 Å². The number of aryl methyl sites for hydroxylation is 2. The van der Waals surface area contributed by atoms with Crippen LogP contribution in [0.15, 0.2) is 17.8 Å². The Balaban J connectivity index is 2.01. The van der Waals surface area contributed by atoms with Gasteiger partial charge in [-0.25, -0.2) is 4.98 Å². The number of methoxy groups -OCH3 is 1. The average Bonchev–Trinajstić information content (AvgIpc) is 3.05. The molecule has 2 aromatic rings. The second-order valence-electron chi connectivity index (χ2n) is 4.21. The van der Waals surface area contributed by atoms with Gasteiger partial charge in [0.1, 0.15) is 5.01 Å². The number of rotatable bonds is 6. The fraction of sp³-hybridized carbons (Fsp3) is 0.462. The number of thiazole rings is 1. The van der Waals surface area contributed by atoms with Crippen molar-refractivity contribution in [3.8, 4) is 10.6 Å². The second-order valence-corrected chi connectivity index (χ2v) is 5.07. The minimum absolute atomic E-state index is 0.203. The van der Waals surface area contributed by atoms with Gasteiger partial charge in [-0.1, -0.05) is 6.92 Å². The molecule has 102 valence electrons. The lowest BCUT2D eigenvalue weighted by Crippen LogP contribution is -2.01. The van der Waals surface area contributed by atoms with E-state index in [1.165, 1.54) is 7.11 Å². The third-order valence-corrected chi connectivity index (χ3v) is 3.64. The lowest BCUT2D eigenvalue weighted by atomic mass is 10.2. The molecule has 0 fully saturated rings. The molecule has 0 atom stereocenters. The molecule has 0 amide bonds. The Hall–Kier alpha value is -1.69. The van der Waals surface area contributed by atoms with Gasteiger partial charge in [0.25, 0.3) is 0 Å². The minimum Gasteiger partial charge on any atom is -0.469 e. The van der Waals surface area contributed by atoms with E-state index in [0.29, 0.717) is 12.8 Å². The molecule has 19 heavy (non-hydrogen) atoms. The first-order valence-electron chi connectivity index (χ1n) is 6.27. The number of esters is 1. The van der Waals surface area contributed by atoms with Crippen LogP contribution in [0.2, 0.25) is 0 Å². The van der Waals surface area contributed by atoms with E-state index in [0.717, 1.165) is 29.2 Å². The van der Waals surface area contributed by atoms with E-state index in [4.69, 9.17) is 0 Å². The van der Waals surface area contributed by atoms with Crippen molar-refractivity contribution in [2.45, 2.75) is 32.7 Å². The molecule has 2 rings (SSSR count). The predicted molar refractivity (Wildman–Crippen MR) is 74.0 cm³/mol. The smallest absolute Gasteiger partial charge is 0.305 e. The van der Waals surface area contributed by atoms with E-state index in [1.807, 2.05) is 22.5 Å². The van der Waals surface area contributed by atoms with Crippen LogP contribution in [-0.2, 0) is 22.5 Å². The highest BCUT2D eigenvalue weighted by Crippen LogP contribution is 2.23. The summed E-state index contributed by atoms with van der Waals surface area (Å²) in [5.41, 5.74) is 1.96. The van der Waals surface area contributed by atoms with Gasteiger partial charge in [0.2, 0.25) is 0 Å². The topological polar surface area (TPSA) is 57.0 Å². The first kappa shape index (κ1) is 13.7. The van der Waals surface area contributed by atoms with Crippen molar-refractivity contribution in [3.05, 3.63) is 23.5 Å². The zero-order valence-electron chi connectivity index (χ0n) is 11.1. The lowest BCUT2D eigenvalue weighted by molar-refractivity contribution is -0.140. The van der Waals surface area contributed by atoms with Crippen LogP contribution >= 0.6 is 11.3 Å². The standard InChI is InChI=1S/C13H17N3O2S/c1-3-6-16-8-10(7-14-16)13-15-11(9-19-13)4-5-12(17)18-2/h7-9H,3-6H2,1-2H3. The fourth-order valence-electron chi connectivity index (χ4n) is 1.71. The van der Waals surface area contributed by atoms with Gasteiger partial charge in [0.05, 0.1) is 25.4 Å². The molecule has 0 aliphatic carbocycles. The van der Waals surface area contributed by atoms with Gasteiger partial charge in [-0.05, 0) is 6.42 Å². The number of ether oxygens (including phenoxy) is 1. The van der Waals surface area contributed by atoms with Crippen LogP contribution in [0.1, 0.15) is 25.5 Å². The van der Waals surface area contributed by atoms with Crippen LogP contribution in [0.4, 0.5) is 0 Å². The first-order chi connectivity index (χ1) is 9.22. The maximum atomic E-state index is 11.1. The summed E-state index contributed by atoms with van der Waals surface area (Å²) >= 11 is 1.58. The van der Waals surface area contributed by atoms with Crippen LogP contribution in [0.3, 0.4) is 0 Å². The molecule has 0 radical (unpaired) electrons. The number of hydrogen-bond acceptors (Lipinski definition) is 5. The van der Waals surface area contributed by atoms with E-state index in [-0.39, 0.29) is 5.97 Å². The summed E-state index contributed by atoms with van der Waals surface area (Å²) in [5.74, 6) is -0.203. The quantitative estimate of drug-likeness (QED) is 0.762. The first-order valence-corrected chi connectivity index (χ1v) is 7.15. The van der Waals surface area contributed by atoms with Gasteiger partial charge < -0.3 is 4.74 Å². The number of carbonyl (C=O) groups excluding carboxylic acids is 1. The molecule has 0 aliphatic rings. The summed E-state index contributed by atoms with van der Waals surface area (Å²) in [6.07, 6.45) is 5.88. The molecular formula is C13H17N3O2S. The van der Waals surface area contributed by atoms with Crippen molar-refractivity contribution in [3.63, 3.8) is 0 Å². The fourth-order valence-corrected chi connectivity index (χ4v) is 2.54. The van der Waals surface area contributed by atoms with Gasteiger partial charge >= 0.3 is 5.97 Å². The summed E-state index contributed by atoms with van der Waals surface area (Å²) < 4.78 is 6.54. The molecule has 0 aliphatic heterocycles. The second kappa shape index (κ2) is 6.47. The summed E-state index contributed by atoms with van der Waals surface area (Å²) in [6, 6.07) is 0. The monoisotopic (exact) mass is 279 g/mol. The van der Waals surface area contributed by atoms with E-state index in [1.54, 1.807) is 11.3 Å². The minimum atomic E-state index is -0.203. The largest absolute Gasteiger partial charge is 0.469 e. The molecule has 0 saturated carbocycles. The van der Waals surface area contributed by atoms with Gasteiger partial charge in [-0.15, -0.1) is 11.3 Å². The number of hydrogen-bond donors (Lipinski definition) is 0. The Morgan fingerprint density at radius 2 is 2.37 bits per heavy atom. The van der Waals surface area contributed by atoms with Crippen LogP contribution < -0.4 is 0 Å². The molecule has 6 heteroatoms. The van der Waals surface area contributed by atoms with Crippen molar-refractivity contribution >= 4 is 17.3 Å². The Bertz CT molecular complexity index is 548. The van der Waals surface area contributed by atoms with Crippen LogP contribution in [0, 0.1) is 0 Å². The van der Waals surface area contributed by atoms with E-state index in [9.17, 15) is 4.79 Å². The molecule has 0 aromatic carbocycles. The highest BCUT2D eigenvalue weighted by atomic mass is 32.1. The SMILES string of the molecule is CCCn1cc(-c2nc(CCC(=O)OC)cs2)cn1. The Kier molecular flexibility index (Phi) is 4.68. The van der Waals surface area contributed by atoms with Crippen LogP contribution in [0.25, 0.3) is 10.6 Å². The average molecular weight is 279 g/mol. The Morgan fingerprint density at radius 3 is 3.11 bits per heavy atom. The molecule has 5 nitrogen and oxygen atoms in total. The molecule has 0 N–H and O–H groups in total. The third kappa shape index (κ3) is 3.64. The maximum Gasteiger partial charge on any atom is 0.305 e. The van der Waals surface area contributed by atoms with E-state index in [2.05, 4.69) is 21.7 Å². The third-order valence-electron chi connectivity index (χ3n) is 2.70. The lowest BCUT2D eigenvalue weighted by Gasteiger charge is -1.96. The van der Waals surface area contributed by atoms with Crippen molar-refractivity contribution in [1.82, 2.24) is 14.8 Å². The highest BCUT2D eigenvalue weighted by Gasteiger charge is 2.09. The summed E-state index contributed by atoms with van der Waals surface area (Å²) in [4.78, 5) is 15.6. The molecule has 2 aromatic heterocycles. The number of aromatic nitrogens is 3.